The number of carbonyl (C=O) groups excluding carboxylic acids is 1. The third-order valence-corrected chi connectivity index (χ3v) is 5.10. The van der Waals surface area contributed by atoms with E-state index in [-0.39, 0.29) is 18.6 Å². The summed E-state index contributed by atoms with van der Waals surface area (Å²) in [5.41, 5.74) is 1.25. The van der Waals surface area contributed by atoms with Crippen molar-refractivity contribution in [1.29, 1.82) is 0 Å². The van der Waals surface area contributed by atoms with Crippen molar-refractivity contribution in [3.05, 3.63) is 50.2 Å². The first kappa shape index (κ1) is 14.8. The van der Waals surface area contributed by atoms with Gasteiger partial charge >= 0.3 is 0 Å². The number of rotatable bonds is 4. The van der Waals surface area contributed by atoms with Crippen molar-refractivity contribution in [2.45, 2.75) is 18.9 Å². The maximum absolute atomic E-state index is 12.4. The molecule has 3 nitrogen and oxygen atoms in total. The number of carbonyl (C=O) groups is 1. The van der Waals surface area contributed by atoms with Crippen LogP contribution in [-0.4, -0.2) is 24.0 Å². The lowest BCUT2D eigenvalue weighted by Crippen LogP contribution is -2.34. The number of amides is 1. The van der Waals surface area contributed by atoms with Gasteiger partial charge in [-0.1, -0.05) is 0 Å². The predicted octanol–water partition coefficient (Wildman–Crippen LogP) is 4.10. The maximum atomic E-state index is 12.4. The second-order valence-corrected chi connectivity index (χ2v) is 7.07. The number of benzene rings is 1. The minimum absolute atomic E-state index is 0.0715. The van der Waals surface area contributed by atoms with Crippen LogP contribution in [0.4, 0.5) is 0 Å². The summed E-state index contributed by atoms with van der Waals surface area (Å²) in [6, 6.07) is 10.1. The van der Waals surface area contributed by atoms with Crippen molar-refractivity contribution in [2.24, 2.45) is 0 Å². The second-order valence-electron chi connectivity index (χ2n) is 5.04. The summed E-state index contributed by atoms with van der Waals surface area (Å²) in [5, 5.41) is 4.20. The van der Waals surface area contributed by atoms with Crippen LogP contribution in [0.5, 0.6) is 5.75 Å². The van der Waals surface area contributed by atoms with E-state index in [1.165, 1.54) is 5.56 Å². The molecule has 0 spiro atoms. The number of nitrogens with zero attached hydrogens (tertiary/aromatic N) is 1. The van der Waals surface area contributed by atoms with Crippen molar-refractivity contribution in [2.75, 3.05) is 13.2 Å². The fourth-order valence-electron chi connectivity index (χ4n) is 2.64. The van der Waals surface area contributed by atoms with Gasteiger partial charge in [-0.05, 0) is 82.1 Å². The minimum Gasteiger partial charge on any atom is -0.484 e. The topological polar surface area (TPSA) is 29.5 Å². The Bertz CT molecular complexity index is 597. The molecule has 1 atom stereocenters. The van der Waals surface area contributed by atoms with E-state index in [0.29, 0.717) is 0 Å². The molecule has 5 heteroatoms. The number of hydrogen-bond donors (Lipinski definition) is 0. The highest BCUT2D eigenvalue weighted by Crippen LogP contribution is 2.33. The van der Waals surface area contributed by atoms with E-state index in [1.807, 2.05) is 29.2 Å². The summed E-state index contributed by atoms with van der Waals surface area (Å²) in [6.45, 7) is 0.941. The van der Waals surface area contributed by atoms with Crippen molar-refractivity contribution in [3.63, 3.8) is 0 Å². The van der Waals surface area contributed by atoms with Crippen LogP contribution in [0.1, 0.15) is 24.4 Å². The zero-order chi connectivity index (χ0) is 14.7. The summed E-state index contributed by atoms with van der Waals surface area (Å²) in [6.07, 6.45) is 2.11. The van der Waals surface area contributed by atoms with Crippen molar-refractivity contribution in [1.82, 2.24) is 4.90 Å². The molecule has 21 heavy (non-hydrogen) atoms. The number of thiophene rings is 1. The maximum Gasteiger partial charge on any atom is 0.261 e. The SMILES string of the molecule is O=C(COc1ccc(I)cc1)N1CCCC1c1ccsc1. The highest BCUT2D eigenvalue weighted by Gasteiger charge is 2.30. The van der Waals surface area contributed by atoms with E-state index in [2.05, 4.69) is 39.4 Å². The molecular weight excluding hydrogens is 397 g/mol. The predicted molar refractivity (Wildman–Crippen MR) is 92.7 cm³/mol. The molecule has 1 saturated heterocycles. The molecule has 3 rings (SSSR count). The summed E-state index contributed by atoms with van der Waals surface area (Å²) in [5.74, 6) is 0.817. The van der Waals surface area contributed by atoms with Gasteiger partial charge in [0.2, 0.25) is 0 Å². The first-order valence-corrected chi connectivity index (χ1v) is 8.96. The molecule has 1 aliphatic rings. The molecule has 2 heterocycles. The fraction of sp³-hybridized carbons (Fsp3) is 0.312. The summed E-state index contributed by atoms with van der Waals surface area (Å²) in [4.78, 5) is 14.3. The summed E-state index contributed by atoms with van der Waals surface area (Å²) in [7, 11) is 0. The monoisotopic (exact) mass is 413 g/mol. The van der Waals surface area contributed by atoms with Gasteiger partial charge in [0.25, 0.3) is 5.91 Å². The molecule has 0 aliphatic carbocycles. The van der Waals surface area contributed by atoms with Crippen LogP contribution in [0.3, 0.4) is 0 Å². The molecule has 1 fully saturated rings. The lowest BCUT2D eigenvalue weighted by molar-refractivity contribution is -0.134. The third-order valence-electron chi connectivity index (χ3n) is 3.68. The van der Waals surface area contributed by atoms with Gasteiger partial charge in [-0.2, -0.15) is 11.3 Å². The molecule has 0 radical (unpaired) electrons. The average Bonchev–Trinajstić information content (AvgIpc) is 3.16. The lowest BCUT2D eigenvalue weighted by atomic mass is 10.1. The van der Waals surface area contributed by atoms with Crippen molar-refractivity contribution in [3.8, 4) is 5.75 Å². The molecule has 1 aromatic heterocycles. The van der Waals surface area contributed by atoms with Gasteiger partial charge in [-0.25, -0.2) is 0 Å². The van der Waals surface area contributed by atoms with Gasteiger partial charge in [0.05, 0.1) is 6.04 Å². The van der Waals surface area contributed by atoms with E-state index in [1.54, 1.807) is 11.3 Å². The normalized spacial score (nSPS) is 18.0. The van der Waals surface area contributed by atoms with Gasteiger partial charge in [0, 0.05) is 10.1 Å². The molecule has 1 aromatic carbocycles. The van der Waals surface area contributed by atoms with Crippen LogP contribution < -0.4 is 4.74 Å². The van der Waals surface area contributed by atoms with Crippen LogP contribution in [-0.2, 0) is 4.79 Å². The van der Waals surface area contributed by atoms with E-state index >= 15 is 0 Å². The standard InChI is InChI=1S/C16H16INO2S/c17-13-3-5-14(6-4-13)20-10-16(19)18-8-1-2-15(18)12-7-9-21-11-12/h3-7,9,11,15H,1-2,8,10H2. The lowest BCUT2D eigenvalue weighted by Gasteiger charge is -2.24. The Balaban J connectivity index is 1.61. The summed E-state index contributed by atoms with van der Waals surface area (Å²) >= 11 is 3.93. The average molecular weight is 413 g/mol. The molecule has 1 aliphatic heterocycles. The first-order valence-electron chi connectivity index (χ1n) is 6.94. The Morgan fingerprint density at radius 2 is 2.14 bits per heavy atom. The highest BCUT2D eigenvalue weighted by atomic mass is 127. The molecule has 2 aromatic rings. The largest absolute Gasteiger partial charge is 0.484 e. The van der Waals surface area contributed by atoms with Crippen LogP contribution in [0, 0.1) is 3.57 Å². The summed E-state index contributed by atoms with van der Waals surface area (Å²) < 4.78 is 6.76. The van der Waals surface area contributed by atoms with Gasteiger partial charge < -0.3 is 9.64 Å². The molecule has 0 bridgehead atoms. The number of halogens is 1. The van der Waals surface area contributed by atoms with E-state index in [9.17, 15) is 4.79 Å². The van der Waals surface area contributed by atoms with E-state index in [0.717, 1.165) is 28.7 Å². The Labute approximate surface area is 142 Å². The molecular formula is C16H16INO2S. The third kappa shape index (κ3) is 3.58. The second kappa shape index (κ2) is 6.79. The Morgan fingerprint density at radius 1 is 1.33 bits per heavy atom. The zero-order valence-electron chi connectivity index (χ0n) is 11.5. The van der Waals surface area contributed by atoms with E-state index in [4.69, 9.17) is 4.74 Å². The smallest absolute Gasteiger partial charge is 0.261 e. The Hall–Kier alpha value is -1.08. The fourth-order valence-corrected chi connectivity index (χ4v) is 3.70. The quantitative estimate of drug-likeness (QED) is 0.707. The van der Waals surface area contributed by atoms with Crippen molar-refractivity contribution < 1.29 is 9.53 Å². The van der Waals surface area contributed by atoms with Crippen LogP contribution in [0.15, 0.2) is 41.1 Å². The minimum atomic E-state index is 0.0715. The molecule has 1 unspecified atom stereocenters. The molecule has 0 saturated carbocycles. The van der Waals surface area contributed by atoms with Gasteiger partial charge in [0.1, 0.15) is 5.75 Å². The van der Waals surface area contributed by atoms with Crippen LogP contribution >= 0.6 is 33.9 Å². The molecule has 1 amide bonds. The Morgan fingerprint density at radius 3 is 2.86 bits per heavy atom. The van der Waals surface area contributed by atoms with Gasteiger partial charge in [-0.3, -0.25) is 4.79 Å². The van der Waals surface area contributed by atoms with E-state index < -0.39 is 0 Å². The zero-order valence-corrected chi connectivity index (χ0v) is 14.5. The van der Waals surface area contributed by atoms with Crippen LogP contribution in [0.2, 0.25) is 0 Å². The van der Waals surface area contributed by atoms with Crippen molar-refractivity contribution >= 4 is 39.8 Å². The Kier molecular flexibility index (Phi) is 4.80. The van der Waals surface area contributed by atoms with Gasteiger partial charge in [-0.15, -0.1) is 0 Å². The first-order chi connectivity index (χ1) is 10.2. The molecule has 0 N–H and O–H groups in total. The highest BCUT2D eigenvalue weighted by molar-refractivity contribution is 14.1. The van der Waals surface area contributed by atoms with Crippen LogP contribution in [0.25, 0.3) is 0 Å². The number of ether oxygens (including phenoxy) is 1. The molecule has 110 valence electrons. The van der Waals surface area contributed by atoms with Gasteiger partial charge in [0.15, 0.2) is 6.61 Å². The number of hydrogen-bond acceptors (Lipinski definition) is 3. The number of likely N-dealkylation sites (tertiary alicyclic amines) is 1.